The van der Waals surface area contributed by atoms with Crippen LogP contribution < -0.4 is 20.1 Å². The molecule has 2 aromatic carbocycles. The number of fused-ring (bicyclic) bond motifs is 2. The maximum atomic E-state index is 6.73. The van der Waals surface area contributed by atoms with Crippen molar-refractivity contribution >= 4 is 26.5 Å². The SMILES string of the molecule is Cc1cccc2c1[P@@](C(C)(C)C)[C@H]([C@@H]1Oc3cccc(C)c3[P@]1C(C)(C)C)O2. The van der Waals surface area contributed by atoms with Crippen LogP contribution in [0.15, 0.2) is 36.4 Å². The van der Waals surface area contributed by atoms with E-state index < -0.39 is 15.8 Å². The van der Waals surface area contributed by atoms with Gasteiger partial charge in [-0.3, -0.25) is 0 Å². The lowest BCUT2D eigenvalue weighted by molar-refractivity contribution is 0.171. The lowest BCUT2D eigenvalue weighted by Gasteiger charge is -2.39. The van der Waals surface area contributed by atoms with Crippen LogP contribution in [-0.2, 0) is 0 Å². The zero-order valence-corrected chi connectivity index (χ0v) is 20.1. The number of rotatable bonds is 1. The first-order chi connectivity index (χ1) is 13.0. The summed E-state index contributed by atoms with van der Waals surface area (Å²) in [4.78, 5) is 0. The van der Waals surface area contributed by atoms with Crippen molar-refractivity contribution in [3.05, 3.63) is 47.5 Å². The first-order valence-corrected chi connectivity index (χ1v) is 12.9. The van der Waals surface area contributed by atoms with Gasteiger partial charge in [-0.2, -0.15) is 0 Å². The lowest BCUT2D eigenvalue weighted by Crippen LogP contribution is -2.38. The van der Waals surface area contributed by atoms with Gasteiger partial charge in [0, 0.05) is 10.6 Å². The smallest absolute Gasteiger partial charge is 0.162 e. The van der Waals surface area contributed by atoms with Gasteiger partial charge in [0.25, 0.3) is 0 Å². The zero-order valence-electron chi connectivity index (χ0n) is 18.3. The van der Waals surface area contributed by atoms with Crippen LogP contribution in [0.25, 0.3) is 0 Å². The van der Waals surface area contributed by atoms with Crippen LogP contribution in [0.1, 0.15) is 52.7 Å². The third-order valence-electron chi connectivity index (χ3n) is 5.58. The Hall–Kier alpha value is -1.10. The largest absolute Gasteiger partial charge is 0.481 e. The van der Waals surface area contributed by atoms with E-state index in [4.69, 9.17) is 9.47 Å². The van der Waals surface area contributed by atoms with E-state index >= 15 is 0 Å². The first kappa shape index (κ1) is 20.2. The van der Waals surface area contributed by atoms with Crippen LogP contribution in [-0.4, -0.2) is 22.0 Å². The molecule has 0 aliphatic carbocycles. The third-order valence-corrected chi connectivity index (χ3v) is 12.6. The van der Waals surface area contributed by atoms with Crippen LogP contribution in [0.4, 0.5) is 0 Å². The number of hydrogen-bond donors (Lipinski definition) is 0. The van der Waals surface area contributed by atoms with E-state index in [9.17, 15) is 0 Å². The van der Waals surface area contributed by atoms with Gasteiger partial charge in [-0.25, -0.2) is 0 Å². The fraction of sp³-hybridized carbons (Fsp3) is 0.500. The molecule has 0 saturated heterocycles. The minimum absolute atomic E-state index is 0.100. The zero-order chi connectivity index (χ0) is 20.4. The van der Waals surface area contributed by atoms with E-state index in [1.54, 1.807) is 0 Å². The van der Waals surface area contributed by atoms with E-state index in [0.717, 1.165) is 11.5 Å². The molecule has 2 aliphatic rings. The van der Waals surface area contributed by atoms with E-state index in [-0.39, 0.29) is 22.0 Å². The van der Waals surface area contributed by atoms with Gasteiger partial charge >= 0.3 is 0 Å². The summed E-state index contributed by atoms with van der Waals surface area (Å²) in [6, 6.07) is 13.0. The molecular weight excluding hydrogens is 382 g/mol. The summed E-state index contributed by atoms with van der Waals surface area (Å²) >= 11 is 0. The van der Waals surface area contributed by atoms with Crippen molar-refractivity contribution in [3.63, 3.8) is 0 Å². The minimum atomic E-state index is -0.514. The Balaban J connectivity index is 1.84. The molecule has 0 unspecified atom stereocenters. The molecule has 4 rings (SSSR count). The summed E-state index contributed by atoms with van der Waals surface area (Å²) in [6.07, 6.45) is 0. The molecule has 2 heterocycles. The number of aryl methyl sites for hydroxylation is 2. The summed E-state index contributed by atoms with van der Waals surface area (Å²) < 4.78 is 13.5. The maximum absolute atomic E-state index is 6.73. The lowest BCUT2D eigenvalue weighted by atomic mass is 10.2. The topological polar surface area (TPSA) is 18.5 Å². The fourth-order valence-electron chi connectivity index (χ4n) is 4.50. The number of hydrogen-bond acceptors (Lipinski definition) is 2. The normalized spacial score (nSPS) is 26.4. The van der Waals surface area contributed by atoms with Crippen molar-refractivity contribution in [2.24, 2.45) is 0 Å². The molecule has 0 aromatic heterocycles. The highest BCUT2D eigenvalue weighted by Crippen LogP contribution is 2.68. The Morgan fingerprint density at radius 1 is 0.643 bits per heavy atom. The molecule has 150 valence electrons. The van der Waals surface area contributed by atoms with Gasteiger partial charge in [-0.15, -0.1) is 0 Å². The minimum Gasteiger partial charge on any atom is -0.481 e. The molecule has 2 aliphatic heterocycles. The van der Waals surface area contributed by atoms with Crippen LogP contribution in [0.3, 0.4) is 0 Å². The quantitative estimate of drug-likeness (QED) is 0.514. The molecule has 0 fully saturated rings. The van der Waals surface area contributed by atoms with Gasteiger partial charge < -0.3 is 9.47 Å². The number of benzene rings is 2. The maximum Gasteiger partial charge on any atom is 0.162 e. The first-order valence-electron chi connectivity index (χ1n) is 10.1. The van der Waals surface area contributed by atoms with Crippen molar-refractivity contribution in [1.29, 1.82) is 0 Å². The van der Waals surface area contributed by atoms with Crippen molar-refractivity contribution in [2.45, 2.75) is 77.4 Å². The van der Waals surface area contributed by atoms with Gasteiger partial charge in [-0.05, 0) is 63.3 Å². The predicted octanol–water partition coefficient (Wildman–Crippen LogP) is 6.25. The Bertz CT molecular complexity index is 832. The molecule has 28 heavy (non-hydrogen) atoms. The van der Waals surface area contributed by atoms with E-state index in [0.29, 0.717) is 0 Å². The van der Waals surface area contributed by atoms with Gasteiger partial charge in [-0.1, -0.05) is 65.8 Å². The highest BCUT2D eigenvalue weighted by atomic mass is 31.1. The Morgan fingerprint density at radius 3 is 1.32 bits per heavy atom. The second-order valence-electron chi connectivity index (χ2n) is 9.94. The van der Waals surface area contributed by atoms with Crippen LogP contribution in [0.2, 0.25) is 0 Å². The van der Waals surface area contributed by atoms with Gasteiger partial charge in [0.05, 0.1) is 0 Å². The fourth-order valence-corrected chi connectivity index (χ4v) is 11.4. The molecular formula is C24H32O2P2. The predicted molar refractivity (Wildman–Crippen MR) is 124 cm³/mol. The molecule has 0 N–H and O–H groups in total. The monoisotopic (exact) mass is 414 g/mol. The van der Waals surface area contributed by atoms with Gasteiger partial charge in [0.1, 0.15) is 11.5 Å². The average molecular weight is 414 g/mol. The Kier molecular flexibility index (Phi) is 4.84. The molecule has 0 bridgehead atoms. The van der Waals surface area contributed by atoms with Crippen molar-refractivity contribution < 1.29 is 9.47 Å². The Labute approximate surface area is 172 Å². The van der Waals surface area contributed by atoms with Crippen LogP contribution in [0.5, 0.6) is 11.5 Å². The number of ether oxygens (including phenoxy) is 2. The molecule has 4 atom stereocenters. The Morgan fingerprint density at radius 2 is 1.00 bits per heavy atom. The van der Waals surface area contributed by atoms with E-state index in [1.165, 1.54) is 21.7 Å². The molecule has 0 spiro atoms. The highest BCUT2D eigenvalue weighted by Gasteiger charge is 2.54. The second kappa shape index (κ2) is 6.72. The standard InChI is InChI=1S/C24H32O2P2/c1-15-11-9-13-17-19(15)27(23(3,4)5)21(25-17)22-26-18-14-10-12-16(2)20(18)28(22)24(6,7)8/h9-14,21-22H,1-8H3/t21-,22-,27-,28+/m1/s1. The molecule has 0 radical (unpaired) electrons. The average Bonchev–Trinajstić information content (AvgIpc) is 3.13. The van der Waals surface area contributed by atoms with E-state index in [2.05, 4.69) is 91.8 Å². The second-order valence-corrected chi connectivity index (χ2v) is 16.0. The van der Waals surface area contributed by atoms with E-state index in [1.807, 2.05) is 0 Å². The van der Waals surface area contributed by atoms with Crippen molar-refractivity contribution in [2.75, 3.05) is 0 Å². The molecule has 0 saturated carbocycles. The van der Waals surface area contributed by atoms with Gasteiger partial charge in [0.2, 0.25) is 0 Å². The summed E-state index contributed by atoms with van der Waals surface area (Å²) in [5, 5.41) is 3.19. The molecule has 0 amide bonds. The third kappa shape index (κ3) is 3.18. The summed E-state index contributed by atoms with van der Waals surface area (Å²) in [6.45, 7) is 18.6. The van der Waals surface area contributed by atoms with Crippen molar-refractivity contribution in [1.82, 2.24) is 0 Å². The van der Waals surface area contributed by atoms with Crippen molar-refractivity contribution in [3.8, 4) is 11.5 Å². The highest BCUT2D eigenvalue weighted by molar-refractivity contribution is 7.72. The summed E-state index contributed by atoms with van der Waals surface area (Å²) in [5.41, 5.74) is 2.71. The molecule has 4 heteroatoms. The molecule has 2 aromatic rings. The molecule has 2 nitrogen and oxygen atoms in total. The summed E-state index contributed by atoms with van der Waals surface area (Å²) in [7, 11) is -1.03. The van der Waals surface area contributed by atoms with Gasteiger partial charge in [0.15, 0.2) is 11.7 Å². The summed E-state index contributed by atoms with van der Waals surface area (Å²) in [5.74, 6) is 2.35. The van der Waals surface area contributed by atoms with Crippen LogP contribution >= 0.6 is 15.8 Å². The van der Waals surface area contributed by atoms with Crippen LogP contribution in [0, 0.1) is 13.8 Å².